The monoisotopic (exact) mass is 254 g/mol. The van der Waals surface area contributed by atoms with Crippen molar-refractivity contribution in [1.82, 2.24) is 10.2 Å². The van der Waals surface area contributed by atoms with Crippen molar-refractivity contribution in [1.29, 1.82) is 0 Å². The zero-order chi connectivity index (χ0) is 13.0. The van der Waals surface area contributed by atoms with Crippen molar-refractivity contribution in [3.63, 3.8) is 0 Å². The quantitative estimate of drug-likeness (QED) is 0.815. The molecule has 0 aromatic carbocycles. The summed E-state index contributed by atoms with van der Waals surface area (Å²) in [6.45, 7) is 10.3. The molecule has 3 atom stereocenters. The Bertz CT molecular complexity index is 232. The van der Waals surface area contributed by atoms with Crippen molar-refractivity contribution in [2.24, 2.45) is 0 Å². The van der Waals surface area contributed by atoms with Crippen LogP contribution >= 0.6 is 0 Å². The van der Waals surface area contributed by atoms with E-state index < -0.39 is 0 Å². The third-order valence-electron chi connectivity index (χ3n) is 4.36. The third kappa shape index (κ3) is 4.22. The van der Waals surface area contributed by atoms with Gasteiger partial charge in [-0.1, -0.05) is 6.42 Å². The standard InChI is InChI=1S/C15H30N2O/c1-12(2)17(10-14-6-4-5-9-16-14)11-15-8-7-13(3)18-15/h12-16H,4-11H2,1-3H3. The predicted octanol–water partition coefficient (Wildman–Crippen LogP) is 2.41. The first-order valence-electron chi connectivity index (χ1n) is 7.78. The van der Waals surface area contributed by atoms with Gasteiger partial charge in [-0.2, -0.15) is 0 Å². The fourth-order valence-electron chi connectivity index (χ4n) is 3.14. The Morgan fingerprint density at radius 2 is 2.00 bits per heavy atom. The summed E-state index contributed by atoms with van der Waals surface area (Å²) in [5.41, 5.74) is 0. The number of piperidine rings is 1. The molecule has 0 saturated carbocycles. The van der Waals surface area contributed by atoms with Gasteiger partial charge in [0.2, 0.25) is 0 Å². The Labute approximate surface area is 112 Å². The third-order valence-corrected chi connectivity index (χ3v) is 4.36. The van der Waals surface area contributed by atoms with Crippen molar-refractivity contribution < 1.29 is 4.74 Å². The summed E-state index contributed by atoms with van der Waals surface area (Å²) in [5.74, 6) is 0. The van der Waals surface area contributed by atoms with Crippen LogP contribution in [-0.4, -0.2) is 48.8 Å². The van der Waals surface area contributed by atoms with Gasteiger partial charge < -0.3 is 10.1 Å². The Kier molecular flexibility index (Phi) is 5.46. The smallest absolute Gasteiger partial charge is 0.0706 e. The highest BCUT2D eigenvalue weighted by Gasteiger charge is 2.26. The lowest BCUT2D eigenvalue weighted by molar-refractivity contribution is 0.0215. The molecule has 2 aliphatic rings. The molecule has 1 N–H and O–H groups in total. The minimum absolute atomic E-state index is 0.464. The van der Waals surface area contributed by atoms with Crippen molar-refractivity contribution >= 4 is 0 Å². The van der Waals surface area contributed by atoms with Gasteiger partial charge in [0.05, 0.1) is 12.2 Å². The maximum absolute atomic E-state index is 5.97. The van der Waals surface area contributed by atoms with E-state index in [2.05, 4.69) is 31.0 Å². The molecule has 2 heterocycles. The van der Waals surface area contributed by atoms with Crippen molar-refractivity contribution in [2.45, 2.75) is 77.2 Å². The van der Waals surface area contributed by atoms with Gasteiger partial charge >= 0.3 is 0 Å². The first-order chi connectivity index (χ1) is 8.65. The zero-order valence-corrected chi connectivity index (χ0v) is 12.3. The molecule has 0 spiro atoms. The molecule has 106 valence electrons. The molecule has 2 rings (SSSR count). The average molecular weight is 254 g/mol. The molecule has 2 fully saturated rings. The van der Waals surface area contributed by atoms with Gasteiger partial charge in [-0.15, -0.1) is 0 Å². The van der Waals surface area contributed by atoms with Crippen LogP contribution in [0.2, 0.25) is 0 Å². The van der Waals surface area contributed by atoms with Crippen LogP contribution in [0.1, 0.15) is 52.9 Å². The second-order valence-corrected chi connectivity index (χ2v) is 6.34. The van der Waals surface area contributed by atoms with Crippen LogP contribution in [-0.2, 0) is 4.74 Å². The van der Waals surface area contributed by atoms with E-state index in [-0.39, 0.29) is 0 Å². The van der Waals surface area contributed by atoms with Gasteiger partial charge in [-0.05, 0) is 53.0 Å². The van der Waals surface area contributed by atoms with Crippen molar-refractivity contribution in [3.05, 3.63) is 0 Å². The first-order valence-corrected chi connectivity index (χ1v) is 7.78. The molecule has 3 heteroatoms. The topological polar surface area (TPSA) is 24.5 Å². The second-order valence-electron chi connectivity index (χ2n) is 6.34. The molecular weight excluding hydrogens is 224 g/mol. The molecule has 0 aliphatic carbocycles. The summed E-state index contributed by atoms with van der Waals surface area (Å²) in [5, 5.41) is 3.66. The minimum Gasteiger partial charge on any atom is -0.374 e. The number of rotatable bonds is 5. The van der Waals surface area contributed by atoms with Gasteiger partial charge in [0, 0.05) is 25.2 Å². The molecule has 0 aromatic rings. The van der Waals surface area contributed by atoms with Gasteiger partial charge in [0.25, 0.3) is 0 Å². The Morgan fingerprint density at radius 3 is 2.56 bits per heavy atom. The second kappa shape index (κ2) is 6.88. The van der Waals surface area contributed by atoms with Gasteiger partial charge in [0.15, 0.2) is 0 Å². The van der Waals surface area contributed by atoms with E-state index >= 15 is 0 Å². The lowest BCUT2D eigenvalue weighted by atomic mass is 10.0. The first kappa shape index (κ1) is 14.3. The predicted molar refractivity (Wildman–Crippen MR) is 75.9 cm³/mol. The van der Waals surface area contributed by atoms with E-state index in [0.717, 1.165) is 6.54 Å². The van der Waals surface area contributed by atoms with Gasteiger partial charge in [-0.25, -0.2) is 0 Å². The van der Waals surface area contributed by atoms with E-state index in [1.165, 1.54) is 45.2 Å². The van der Waals surface area contributed by atoms with E-state index in [0.29, 0.717) is 24.3 Å². The average Bonchev–Trinajstić information content (AvgIpc) is 2.75. The van der Waals surface area contributed by atoms with E-state index in [1.54, 1.807) is 0 Å². The number of hydrogen-bond acceptors (Lipinski definition) is 3. The Balaban J connectivity index is 1.79. The van der Waals surface area contributed by atoms with E-state index in [4.69, 9.17) is 4.74 Å². The van der Waals surface area contributed by atoms with Crippen LogP contribution in [0.4, 0.5) is 0 Å². The summed E-state index contributed by atoms with van der Waals surface area (Å²) >= 11 is 0. The van der Waals surface area contributed by atoms with Crippen LogP contribution in [0.25, 0.3) is 0 Å². The summed E-state index contributed by atoms with van der Waals surface area (Å²) in [4.78, 5) is 2.60. The van der Waals surface area contributed by atoms with Crippen LogP contribution < -0.4 is 5.32 Å². The van der Waals surface area contributed by atoms with Crippen LogP contribution in [0.3, 0.4) is 0 Å². The summed E-state index contributed by atoms with van der Waals surface area (Å²) in [7, 11) is 0. The van der Waals surface area contributed by atoms with Gasteiger partial charge in [0.1, 0.15) is 0 Å². The van der Waals surface area contributed by atoms with Crippen LogP contribution in [0, 0.1) is 0 Å². The Morgan fingerprint density at radius 1 is 1.17 bits per heavy atom. The molecule has 2 aliphatic heterocycles. The normalized spacial score (nSPS) is 33.5. The maximum atomic E-state index is 5.97. The lowest BCUT2D eigenvalue weighted by Gasteiger charge is -2.34. The molecule has 18 heavy (non-hydrogen) atoms. The fraction of sp³-hybridized carbons (Fsp3) is 1.00. The van der Waals surface area contributed by atoms with E-state index in [1.807, 2.05) is 0 Å². The largest absolute Gasteiger partial charge is 0.374 e. The molecule has 0 radical (unpaired) electrons. The van der Waals surface area contributed by atoms with Gasteiger partial charge in [-0.3, -0.25) is 4.90 Å². The molecule has 3 nitrogen and oxygen atoms in total. The number of ether oxygens (including phenoxy) is 1. The molecule has 0 aromatic heterocycles. The van der Waals surface area contributed by atoms with Crippen LogP contribution in [0.15, 0.2) is 0 Å². The fourth-order valence-corrected chi connectivity index (χ4v) is 3.14. The minimum atomic E-state index is 0.464. The number of hydrogen-bond donors (Lipinski definition) is 1. The molecular formula is C15H30N2O. The summed E-state index contributed by atoms with van der Waals surface area (Å²) in [6, 6.07) is 1.31. The number of nitrogens with one attached hydrogen (secondary N) is 1. The lowest BCUT2D eigenvalue weighted by Crippen LogP contribution is -2.48. The van der Waals surface area contributed by atoms with E-state index in [9.17, 15) is 0 Å². The highest BCUT2D eigenvalue weighted by Crippen LogP contribution is 2.21. The molecule has 2 saturated heterocycles. The maximum Gasteiger partial charge on any atom is 0.0706 e. The number of nitrogens with zero attached hydrogens (tertiary/aromatic N) is 1. The molecule has 3 unspecified atom stereocenters. The van der Waals surface area contributed by atoms with Crippen molar-refractivity contribution in [2.75, 3.05) is 19.6 Å². The Hall–Kier alpha value is -0.120. The SMILES string of the molecule is CC1CCC(CN(CC2CCCCN2)C(C)C)O1. The highest BCUT2D eigenvalue weighted by molar-refractivity contribution is 4.81. The summed E-state index contributed by atoms with van der Waals surface area (Å²) in [6.07, 6.45) is 7.48. The molecule has 0 amide bonds. The summed E-state index contributed by atoms with van der Waals surface area (Å²) < 4.78 is 5.97. The zero-order valence-electron chi connectivity index (χ0n) is 12.3. The van der Waals surface area contributed by atoms with Crippen LogP contribution in [0.5, 0.6) is 0 Å². The molecule has 0 bridgehead atoms. The van der Waals surface area contributed by atoms with Crippen molar-refractivity contribution in [3.8, 4) is 0 Å². The highest BCUT2D eigenvalue weighted by atomic mass is 16.5.